The van der Waals surface area contributed by atoms with Crippen LogP contribution in [0.4, 0.5) is 13.2 Å². The molecule has 1 aromatic rings. The first-order chi connectivity index (χ1) is 6.04. The standard InChI is InChI=1S/C7H3ClF3NO/c8-6(13)5-4(7(10)11)3(9)1-2-12-5/h1-2,7H. The van der Waals surface area contributed by atoms with E-state index in [4.69, 9.17) is 11.6 Å². The van der Waals surface area contributed by atoms with Crippen LogP contribution in [-0.2, 0) is 0 Å². The van der Waals surface area contributed by atoms with E-state index in [1.54, 1.807) is 0 Å². The number of pyridine rings is 1. The molecule has 1 rings (SSSR count). The summed E-state index contributed by atoms with van der Waals surface area (Å²) in [4.78, 5) is 13.8. The molecule has 0 radical (unpaired) electrons. The van der Waals surface area contributed by atoms with Crippen molar-refractivity contribution in [3.8, 4) is 0 Å². The van der Waals surface area contributed by atoms with E-state index in [-0.39, 0.29) is 0 Å². The normalized spacial score (nSPS) is 10.5. The van der Waals surface area contributed by atoms with Gasteiger partial charge in [0.05, 0.1) is 5.56 Å². The number of carbonyl (C=O) groups excluding carboxylic acids is 1. The summed E-state index contributed by atoms with van der Waals surface area (Å²) in [6.45, 7) is 0. The van der Waals surface area contributed by atoms with Crippen LogP contribution >= 0.6 is 11.6 Å². The van der Waals surface area contributed by atoms with Gasteiger partial charge in [0.1, 0.15) is 11.5 Å². The van der Waals surface area contributed by atoms with Gasteiger partial charge >= 0.3 is 0 Å². The van der Waals surface area contributed by atoms with Gasteiger partial charge in [-0.1, -0.05) is 0 Å². The molecule has 6 heteroatoms. The highest BCUT2D eigenvalue weighted by molar-refractivity contribution is 6.67. The molecule has 0 aromatic carbocycles. The second-order valence-corrected chi connectivity index (χ2v) is 2.47. The topological polar surface area (TPSA) is 30.0 Å². The monoisotopic (exact) mass is 209 g/mol. The van der Waals surface area contributed by atoms with Crippen LogP contribution in [0.5, 0.6) is 0 Å². The molecule has 0 bridgehead atoms. The lowest BCUT2D eigenvalue weighted by molar-refractivity contribution is 0.105. The van der Waals surface area contributed by atoms with E-state index in [0.717, 1.165) is 12.3 Å². The minimum Gasteiger partial charge on any atom is -0.274 e. The van der Waals surface area contributed by atoms with Gasteiger partial charge < -0.3 is 0 Å². The van der Waals surface area contributed by atoms with E-state index in [0.29, 0.717) is 0 Å². The van der Waals surface area contributed by atoms with Crippen molar-refractivity contribution in [1.29, 1.82) is 0 Å². The molecule has 1 heterocycles. The number of hydrogen-bond donors (Lipinski definition) is 0. The third kappa shape index (κ3) is 1.98. The Labute approximate surface area is 76.3 Å². The Bertz CT molecular complexity index is 343. The molecule has 0 saturated heterocycles. The molecule has 2 nitrogen and oxygen atoms in total. The first kappa shape index (κ1) is 9.98. The molecular weight excluding hydrogens is 207 g/mol. The minimum atomic E-state index is -3.11. The molecule has 0 saturated carbocycles. The Morgan fingerprint density at radius 3 is 2.54 bits per heavy atom. The Kier molecular flexibility index (Phi) is 2.87. The number of rotatable bonds is 2. The molecule has 0 aliphatic rings. The predicted molar refractivity (Wildman–Crippen MR) is 39.3 cm³/mol. The smallest absolute Gasteiger partial charge is 0.271 e. The van der Waals surface area contributed by atoms with Crippen LogP contribution in [-0.4, -0.2) is 10.2 Å². The van der Waals surface area contributed by atoms with Crippen LogP contribution in [0, 0.1) is 5.82 Å². The van der Waals surface area contributed by atoms with Gasteiger partial charge in [-0.2, -0.15) is 0 Å². The lowest BCUT2D eigenvalue weighted by atomic mass is 10.2. The predicted octanol–water partition coefficient (Wildman–Crippen LogP) is 2.54. The van der Waals surface area contributed by atoms with Crippen molar-refractivity contribution in [3.63, 3.8) is 0 Å². The fourth-order valence-corrected chi connectivity index (χ4v) is 0.964. The highest BCUT2D eigenvalue weighted by Crippen LogP contribution is 2.25. The third-order valence-corrected chi connectivity index (χ3v) is 1.52. The van der Waals surface area contributed by atoms with Crippen LogP contribution in [0.15, 0.2) is 12.3 Å². The summed E-state index contributed by atoms with van der Waals surface area (Å²) in [6, 6.07) is 0.741. The summed E-state index contributed by atoms with van der Waals surface area (Å²) in [5.41, 5.74) is -1.79. The SMILES string of the molecule is O=C(Cl)c1nccc(F)c1C(F)F. The Morgan fingerprint density at radius 1 is 1.54 bits per heavy atom. The molecular formula is C7H3ClF3NO. The van der Waals surface area contributed by atoms with Gasteiger partial charge in [-0.15, -0.1) is 0 Å². The van der Waals surface area contributed by atoms with Crippen LogP contribution in [0.1, 0.15) is 22.5 Å². The quantitative estimate of drug-likeness (QED) is 0.701. The maximum Gasteiger partial charge on any atom is 0.271 e. The van der Waals surface area contributed by atoms with Gasteiger partial charge in [0.2, 0.25) is 0 Å². The van der Waals surface area contributed by atoms with E-state index >= 15 is 0 Å². The van der Waals surface area contributed by atoms with Crippen molar-refractivity contribution in [2.45, 2.75) is 6.43 Å². The summed E-state index contributed by atoms with van der Waals surface area (Å²) in [5.74, 6) is -1.19. The average molecular weight is 210 g/mol. The molecule has 0 N–H and O–H groups in total. The highest BCUT2D eigenvalue weighted by atomic mass is 35.5. The van der Waals surface area contributed by atoms with Gasteiger partial charge in [0.25, 0.3) is 11.7 Å². The van der Waals surface area contributed by atoms with Gasteiger partial charge in [0.15, 0.2) is 0 Å². The maximum atomic E-state index is 12.7. The van der Waals surface area contributed by atoms with Gasteiger partial charge in [-0.05, 0) is 17.7 Å². The minimum absolute atomic E-state index is 0.739. The average Bonchev–Trinajstić information content (AvgIpc) is 2.02. The van der Waals surface area contributed by atoms with Gasteiger partial charge in [-0.25, -0.2) is 13.2 Å². The third-order valence-electron chi connectivity index (χ3n) is 1.34. The molecule has 1 aromatic heterocycles. The van der Waals surface area contributed by atoms with Crippen LogP contribution in [0.2, 0.25) is 0 Å². The molecule has 70 valence electrons. The zero-order valence-corrected chi connectivity index (χ0v) is 6.86. The number of aromatic nitrogens is 1. The Hall–Kier alpha value is -1.10. The number of nitrogens with zero attached hydrogens (tertiary/aromatic N) is 1. The number of halogens is 4. The molecule has 0 aliphatic carbocycles. The van der Waals surface area contributed by atoms with Crippen LogP contribution in [0.3, 0.4) is 0 Å². The maximum absolute atomic E-state index is 12.7. The fraction of sp³-hybridized carbons (Fsp3) is 0.143. The largest absolute Gasteiger partial charge is 0.274 e. The van der Waals surface area contributed by atoms with Gasteiger partial charge in [0, 0.05) is 6.20 Å². The lowest BCUT2D eigenvalue weighted by Crippen LogP contribution is -2.04. The van der Waals surface area contributed by atoms with E-state index < -0.39 is 28.7 Å². The highest BCUT2D eigenvalue weighted by Gasteiger charge is 2.22. The molecule has 0 atom stereocenters. The van der Waals surface area contributed by atoms with E-state index in [2.05, 4.69) is 4.98 Å². The molecule has 0 unspecified atom stereocenters. The Morgan fingerprint density at radius 2 is 2.15 bits per heavy atom. The number of alkyl halides is 2. The Balaban J connectivity index is 3.34. The summed E-state index contributed by atoms with van der Waals surface area (Å²) in [6.07, 6.45) is -2.21. The van der Waals surface area contributed by atoms with Crippen molar-refractivity contribution in [2.24, 2.45) is 0 Å². The van der Waals surface area contributed by atoms with Crippen molar-refractivity contribution in [2.75, 3.05) is 0 Å². The first-order valence-corrected chi connectivity index (χ1v) is 3.54. The summed E-state index contributed by atoms with van der Waals surface area (Å²) >= 11 is 4.92. The van der Waals surface area contributed by atoms with E-state index in [9.17, 15) is 18.0 Å². The summed E-state index contributed by atoms with van der Waals surface area (Å²) in [7, 11) is 0. The molecule has 0 amide bonds. The molecule has 0 fully saturated rings. The van der Waals surface area contributed by atoms with Crippen molar-refractivity contribution < 1.29 is 18.0 Å². The zero-order valence-electron chi connectivity index (χ0n) is 6.10. The van der Waals surface area contributed by atoms with Crippen molar-refractivity contribution in [3.05, 3.63) is 29.3 Å². The second kappa shape index (κ2) is 3.74. The fourth-order valence-electron chi connectivity index (χ4n) is 0.814. The van der Waals surface area contributed by atoms with Crippen molar-refractivity contribution >= 4 is 16.8 Å². The summed E-state index contributed by atoms with van der Waals surface area (Å²) in [5, 5.41) is -1.20. The zero-order chi connectivity index (χ0) is 10.0. The van der Waals surface area contributed by atoms with Crippen molar-refractivity contribution in [1.82, 2.24) is 4.98 Å². The first-order valence-electron chi connectivity index (χ1n) is 3.16. The summed E-state index contributed by atoms with van der Waals surface area (Å²) < 4.78 is 37.0. The van der Waals surface area contributed by atoms with Gasteiger partial charge in [-0.3, -0.25) is 9.78 Å². The second-order valence-electron chi connectivity index (χ2n) is 2.13. The molecule has 0 spiro atoms. The lowest BCUT2D eigenvalue weighted by Gasteiger charge is -2.03. The van der Waals surface area contributed by atoms with E-state index in [1.807, 2.05) is 0 Å². The van der Waals surface area contributed by atoms with Crippen LogP contribution < -0.4 is 0 Å². The molecule has 13 heavy (non-hydrogen) atoms. The van der Waals surface area contributed by atoms with Crippen LogP contribution in [0.25, 0.3) is 0 Å². The number of carbonyl (C=O) groups is 1. The number of hydrogen-bond acceptors (Lipinski definition) is 2. The van der Waals surface area contributed by atoms with E-state index in [1.165, 1.54) is 0 Å². The molecule has 0 aliphatic heterocycles.